The fourth-order valence-electron chi connectivity index (χ4n) is 1.24. The number of nitro groups is 1. The lowest BCUT2D eigenvalue weighted by Gasteiger charge is -2.11. The van der Waals surface area contributed by atoms with Crippen LogP contribution >= 0.6 is 22.9 Å². The maximum Gasteiger partial charge on any atom is 0.300 e. The second kappa shape index (κ2) is 6.62. The van der Waals surface area contributed by atoms with Gasteiger partial charge in [0.05, 0.1) is 11.0 Å². The number of hydrogen-bond acceptors (Lipinski definition) is 6. The standard InChI is InChI=1S/C9H13ClN2O5S2/c1-3-17-6(2)5-11-19(15,16)8-4-7(12(13)14)9(10)18-8/h4,6,11H,3,5H2,1-2H3. The molecule has 0 radical (unpaired) electrons. The molecule has 0 amide bonds. The Morgan fingerprint density at radius 1 is 1.63 bits per heavy atom. The molecule has 0 aliphatic heterocycles. The van der Waals surface area contributed by atoms with E-state index >= 15 is 0 Å². The summed E-state index contributed by atoms with van der Waals surface area (Å²) in [7, 11) is -3.81. The Morgan fingerprint density at radius 2 is 2.26 bits per heavy atom. The first-order valence-corrected chi connectivity index (χ1v) is 8.00. The zero-order valence-electron chi connectivity index (χ0n) is 10.3. The second-order valence-electron chi connectivity index (χ2n) is 3.60. The molecule has 1 unspecified atom stereocenters. The van der Waals surface area contributed by atoms with Crippen LogP contribution in [0.5, 0.6) is 0 Å². The van der Waals surface area contributed by atoms with E-state index in [1.54, 1.807) is 13.8 Å². The monoisotopic (exact) mass is 328 g/mol. The molecule has 1 N–H and O–H groups in total. The number of sulfonamides is 1. The lowest BCUT2D eigenvalue weighted by Crippen LogP contribution is -2.31. The number of ether oxygens (including phenoxy) is 1. The van der Waals surface area contributed by atoms with E-state index < -0.39 is 20.6 Å². The zero-order valence-corrected chi connectivity index (χ0v) is 12.6. The summed E-state index contributed by atoms with van der Waals surface area (Å²) in [5, 5.41) is 10.6. The Morgan fingerprint density at radius 3 is 2.74 bits per heavy atom. The molecule has 0 spiro atoms. The van der Waals surface area contributed by atoms with Crippen molar-refractivity contribution in [3.63, 3.8) is 0 Å². The molecule has 1 heterocycles. The number of halogens is 1. The van der Waals surface area contributed by atoms with Crippen LogP contribution in [0, 0.1) is 10.1 Å². The first-order valence-electron chi connectivity index (χ1n) is 5.33. The number of nitrogens with one attached hydrogen (secondary N) is 1. The van der Waals surface area contributed by atoms with Crippen LogP contribution < -0.4 is 4.72 Å². The summed E-state index contributed by atoms with van der Waals surface area (Å²) < 4.78 is 30.9. The molecule has 1 aromatic heterocycles. The number of hydrogen-bond donors (Lipinski definition) is 1. The van der Waals surface area contributed by atoms with E-state index in [0.717, 1.165) is 6.07 Å². The summed E-state index contributed by atoms with van der Waals surface area (Å²) in [5.74, 6) is 0. The molecule has 19 heavy (non-hydrogen) atoms. The second-order valence-corrected chi connectivity index (χ2v) is 7.25. The van der Waals surface area contributed by atoms with E-state index in [1.165, 1.54) is 0 Å². The summed E-state index contributed by atoms with van der Waals surface area (Å²) in [6.07, 6.45) is -0.287. The van der Waals surface area contributed by atoms with Crippen molar-refractivity contribution in [2.75, 3.05) is 13.2 Å². The van der Waals surface area contributed by atoms with Crippen molar-refractivity contribution in [3.05, 3.63) is 20.5 Å². The van der Waals surface area contributed by atoms with Crippen molar-refractivity contribution in [1.29, 1.82) is 0 Å². The van der Waals surface area contributed by atoms with E-state index in [-0.39, 0.29) is 21.2 Å². The molecule has 108 valence electrons. The van der Waals surface area contributed by atoms with Gasteiger partial charge in [0, 0.05) is 19.2 Å². The predicted octanol–water partition coefficient (Wildman–Crippen LogP) is 2.01. The van der Waals surface area contributed by atoms with Crippen LogP contribution in [0.15, 0.2) is 10.3 Å². The molecule has 0 aromatic carbocycles. The first-order chi connectivity index (χ1) is 8.77. The minimum absolute atomic E-state index is 0.0828. The smallest absolute Gasteiger partial charge is 0.300 e. The van der Waals surface area contributed by atoms with Gasteiger partial charge < -0.3 is 4.74 Å². The maximum atomic E-state index is 11.9. The Labute approximate surface area is 119 Å². The summed E-state index contributed by atoms with van der Waals surface area (Å²) in [5.41, 5.74) is -0.412. The van der Waals surface area contributed by atoms with Gasteiger partial charge in [-0.15, -0.1) is 11.3 Å². The molecule has 0 bridgehead atoms. The summed E-state index contributed by atoms with van der Waals surface area (Å²) in [6, 6.07) is 0.945. The van der Waals surface area contributed by atoms with Crippen LogP contribution in [-0.2, 0) is 14.8 Å². The lowest BCUT2D eigenvalue weighted by atomic mass is 10.4. The van der Waals surface area contributed by atoms with E-state index in [2.05, 4.69) is 4.72 Å². The van der Waals surface area contributed by atoms with Crippen molar-refractivity contribution < 1.29 is 18.1 Å². The molecule has 1 rings (SSSR count). The SMILES string of the molecule is CCOC(C)CNS(=O)(=O)c1cc([N+](=O)[O-])c(Cl)s1. The zero-order chi connectivity index (χ0) is 14.6. The highest BCUT2D eigenvalue weighted by molar-refractivity contribution is 7.91. The van der Waals surface area contributed by atoms with Crippen LogP contribution in [0.3, 0.4) is 0 Å². The number of rotatable bonds is 7. The van der Waals surface area contributed by atoms with Gasteiger partial charge in [0.1, 0.15) is 4.21 Å². The largest absolute Gasteiger partial charge is 0.377 e. The van der Waals surface area contributed by atoms with Gasteiger partial charge in [-0.05, 0) is 13.8 Å². The van der Waals surface area contributed by atoms with Gasteiger partial charge in [-0.2, -0.15) is 0 Å². The summed E-state index contributed by atoms with van der Waals surface area (Å²) >= 11 is 6.27. The highest BCUT2D eigenvalue weighted by atomic mass is 35.5. The molecule has 0 aliphatic carbocycles. The van der Waals surface area contributed by atoms with E-state index in [0.29, 0.717) is 17.9 Å². The average molecular weight is 329 g/mol. The third-order valence-corrected chi connectivity index (χ3v) is 5.35. The molecule has 7 nitrogen and oxygen atoms in total. The van der Waals surface area contributed by atoms with Crippen molar-refractivity contribution in [1.82, 2.24) is 4.72 Å². The molecule has 0 fully saturated rings. The van der Waals surface area contributed by atoms with Gasteiger partial charge in [-0.1, -0.05) is 11.6 Å². The molecule has 0 saturated heterocycles. The highest BCUT2D eigenvalue weighted by Crippen LogP contribution is 2.35. The maximum absolute atomic E-state index is 11.9. The molecule has 1 atom stereocenters. The topological polar surface area (TPSA) is 98.5 Å². The quantitative estimate of drug-likeness (QED) is 0.609. The Hall–Kier alpha value is -0.740. The molecule has 0 aliphatic rings. The van der Waals surface area contributed by atoms with Gasteiger partial charge in [-0.3, -0.25) is 10.1 Å². The van der Waals surface area contributed by atoms with Crippen molar-refractivity contribution in [3.8, 4) is 0 Å². The van der Waals surface area contributed by atoms with Crippen LogP contribution in [0.1, 0.15) is 13.8 Å². The van der Waals surface area contributed by atoms with Gasteiger partial charge in [0.2, 0.25) is 10.0 Å². The first kappa shape index (κ1) is 16.3. The lowest BCUT2D eigenvalue weighted by molar-refractivity contribution is -0.384. The van der Waals surface area contributed by atoms with Crippen LogP contribution in [0.2, 0.25) is 4.34 Å². The Bertz CT molecular complexity index is 557. The van der Waals surface area contributed by atoms with Crippen molar-refractivity contribution in [2.24, 2.45) is 0 Å². The third kappa shape index (κ3) is 4.39. The van der Waals surface area contributed by atoms with E-state index in [1.807, 2.05) is 0 Å². The van der Waals surface area contributed by atoms with Crippen LogP contribution in [-0.4, -0.2) is 32.6 Å². The van der Waals surface area contributed by atoms with E-state index in [4.69, 9.17) is 16.3 Å². The van der Waals surface area contributed by atoms with Crippen LogP contribution in [0.4, 0.5) is 5.69 Å². The molecule has 0 saturated carbocycles. The van der Waals surface area contributed by atoms with Crippen molar-refractivity contribution in [2.45, 2.75) is 24.2 Å². The Kier molecular flexibility index (Phi) is 5.68. The molecular weight excluding hydrogens is 316 g/mol. The fraction of sp³-hybridized carbons (Fsp3) is 0.556. The third-order valence-electron chi connectivity index (χ3n) is 2.12. The van der Waals surface area contributed by atoms with Gasteiger partial charge in [0.25, 0.3) is 5.69 Å². The molecule has 1 aromatic rings. The minimum Gasteiger partial charge on any atom is -0.377 e. The van der Waals surface area contributed by atoms with Gasteiger partial charge in [0.15, 0.2) is 4.34 Å². The summed E-state index contributed by atoms with van der Waals surface area (Å²) in [6.45, 7) is 4.07. The van der Waals surface area contributed by atoms with E-state index in [9.17, 15) is 18.5 Å². The Balaban J connectivity index is 2.83. The fourth-order valence-corrected chi connectivity index (χ4v) is 4.06. The normalized spacial score (nSPS) is 13.4. The average Bonchev–Trinajstić information content (AvgIpc) is 2.70. The summed E-state index contributed by atoms with van der Waals surface area (Å²) in [4.78, 5) is 9.88. The minimum atomic E-state index is -3.81. The van der Waals surface area contributed by atoms with Crippen LogP contribution in [0.25, 0.3) is 0 Å². The number of thiophene rings is 1. The van der Waals surface area contributed by atoms with Crippen molar-refractivity contribution >= 4 is 38.6 Å². The van der Waals surface area contributed by atoms with Gasteiger partial charge in [-0.25, -0.2) is 13.1 Å². The molecule has 10 heteroatoms. The number of nitrogens with zero attached hydrogens (tertiary/aromatic N) is 1. The highest BCUT2D eigenvalue weighted by Gasteiger charge is 2.25. The van der Waals surface area contributed by atoms with Gasteiger partial charge >= 0.3 is 0 Å². The molecular formula is C9H13ClN2O5S2. The predicted molar refractivity (Wildman–Crippen MR) is 72.3 cm³/mol.